The first-order chi connectivity index (χ1) is 16.5. The number of fused-ring (bicyclic) bond motifs is 1. The van der Waals surface area contributed by atoms with Crippen molar-refractivity contribution in [2.45, 2.75) is 84.9 Å². The summed E-state index contributed by atoms with van der Waals surface area (Å²) in [6, 6.07) is 2.99. The van der Waals surface area contributed by atoms with Crippen LogP contribution in [0.5, 0.6) is 5.75 Å². The van der Waals surface area contributed by atoms with Crippen LogP contribution in [0.25, 0.3) is 10.9 Å². The molecule has 0 atom stereocenters. The molecule has 0 aliphatic rings. The van der Waals surface area contributed by atoms with Crippen molar-refractivity contribution in [2.75, 3.05) is 13.2 Å². The van der Waals surface area contributed by atoms with Crippen molar-refractivity contribution in [2.24, 2.45) is 0 Å². The molecule has 1 aromatic carbocycles. The number of unbranched alkanes of at least 4 members (excludes halogenated alkanes) is 7. The molecule has 2 rings (SSSR count). The molecule has 0 amide bonds. The zero-order chi connectivity index (χ0) is 26.1. The zero-order valence-electron chi connectivity index (χ0n) is 23.1. The highest BCUT2D eigenvalue weighted by atomic mass is 16.5. The second-order valence-corrected chi connectivity index (χ2v) is 7.43. The molecule has 1 heterocycles. The van der Waals surface area contributed by atoms with Crippen LogP contribution >= 0.6 is 0 Å². The number of hydrogen-bond acceptors (Lipinski definition) is 4. The van der Waals surface area contributed by atoms with Crippen LogP contribution in [0, 0.1) is 0 Å². The Morgan fingerprint density at radius 2 is 1.83 bits per heavy atom. The standard InChI is InChI=1S/C25H37NO4/c1-4-7-8-9-10-11-12-13-15-30-23-17-20-22(16-19(23)14-5-2)26-18-21(24(20)27)25(28)29-6-3/h16-18H,4-15H2,1-3H3,(H,26,27)/i2D3,5D2. The summed E-state index contributed by atoms with van der Waals surface area (Å²) in [5.41, 5.74) is 0.0370. The number of esters is 1. The smallest absolute Gasteiger partial charge is 0.343 e. The van der Waals surface area contributed by atoms with Gasteiger partial charge in [-0.1, -0.05) is 65.1 Å². The fourth-order valence-electron chi connectivity index (χ4n) is 3.44. The monoisotopic (exact) mass is 420 g/mol. The summed E-state index contributed by atoms with van der Waals surface area (Å²) in [6.45, 7) is 1.51. The minimum atomic E-state index is -2.82. The minimum Gasteiger partial charge on any atom is -0.493 e. The second kappa shape index (κ2) is 13.1. The summed E-state index contributed by atoms with van der Waals surface area (Å²) in [5.74, 6) is -0.486. The summed E-state index contributed by atoms with van der Waals surface area (Å²) < 4.78 is 49.6. The molecule has 5 nitrogen and oxygen atoms in total. The lowest BCUT2D eigenvalue weighted by molar-refractivity contribution is 0.0524. The third kappa shape index (κ3) is 6.89. The van der Waals surface area contributed by atoms with E-state index in [1.807, 2.05) is 0 Å². The van der Waals surface area contributed by atoms with E-state index in [4.69, 9.17) is 16.3 Å². The molecular formula is C25H37NO4. The number of aromatic amines is 1. The second-order valence-electron chi connectivity index (χ2n) is 7.43. The van der Waals surface area contributed by atoms with E-state index < -0.39 is 31.0 Å². The van der Waals surface area contributed by atoms with Crippen molar-refractivity contribution in [3.8, 4) is 5.75 Å². The van der Waals surface area contributed by atoms with Crippen molar-refractivity contribution in [1.82, 2.24) is 4.98 Å². The zero-order valence-corrected chi connectivity index (χ0v) is 18.1. The summed E-state index contributed by atoms with van der Waals surface area (Å²) in [4.78, 5) is 27.9. The largest absolute Gasteiger partial charge is 0.493 e. The van der Waals surface area contributed by atoms with E-state index in [0.29, 0.717) is 17.7 Å². The van der Waals surface area contributed by atoms with Crippen molar-refractivity contribution < 1.29 is 21.1 Å². The number of carbonyl (C=O) groups is 1. The van der Waals surface area contributed by atoms with Gasteiger partial charge in [-0.15, -0.1) is 0 Å². The molecule has 0 fully saturated rings. The Morgan fingerprint density at radius 1 is 1.10 bits per heavy atom. The Kier molecular flexibility index (Phi) is 7.59. The lowest BCUT2D eigenvalue weighted by Crippen LogP contribution is -2.18. The van der Waals surface area contributed by atoms with Crippen LogP contribution in [-0.2, 0) is 11.2 Å². The quantitative estimate of drug-likeness (QED) is 0.293. The molecule has 166 valence electrons. The lowest BCUT2D eigenvalue weighted by Gasteiger charge is -2.13. The number of aromatic nitrogens is 1. The van der Waals surface area contributed by atoms with Gasteiger partial charge in [-0.2, -0.15) is 0 Å². The van der Waals surface area contributed by atoms with E-state index in [1.54, 1.807) is 6.92 Å². The third-order valence-electron chi connectivity index (χ3n) is 5.09. The molecule has 0 unspecified atom stereocenters. The Bertz CT molecular complexity index is 1030. The number of carbonyl (C=O) groups excluding carboxylic acids is 1. The van der Waals surface area contributed by atoms with Crippen LogP contribution in [0.2, 0.25) is 0 Å². The maximum atomic E-state index is 12.9. The van der Waals surface area contributed by atoms with Gasteiger partial charge >= 0.3 is 5.97 Å². The third-order valence-corrected chi connectivity index (χ3v) is 5.09. The highest BCUT2D eigenvalue weighted by Crippen LogP contribution is 2.25. The average Bonchev–Trinajstić information content (AvgIpc) is 2.78. The fourth-order valence-corrected chi connectivity index (χ4v) is 3.44. The van der Waals surface area contributed by atoms with Gasteiger partial charge in [0, 0.05) is 18.6 Å². The number of benzene rings is 1. The summed E-state index contributed by atoms with van der Waals surface area (Å²) >= 11 is 0. The van der Waals surface area contributed by atoms with Crippen LogP contribution in [0.4, 0.5) is 0 Å². The summed E-state index contributed by atoms with van der Waals surface area (Å²) in [5, 5.41) is 0.194. The number of pyridine rings is 1. The molecule has 0 radical (unpaired) electrons. The van der Waals surface area contributed by atoms with E-state index >= 15 is 0 Å². The normalized spacial score (nSPS) is 14.4. The van der Waals surface area contributed by atoms with Crippen molar-refractivity contribution in [3.63, 3.8) is 0 Å². The topological polar surface area (TPSA) is 68.4 Å². The van der Waals surface area contributed by atoms with Crippen LogP contribution in [-0.4, -0.2) is 24.2 Å². The highest BCUT2D eigenvalue weighted by Gasteiger charge is 2.16. The Labute approximate surface area is 187 Å². The Balaban J connectivity index is 2.26. The van der Waals surface area contributed by atoms with E-state index in [0.717, 1.165) is 19.3 Å². The predicted molar refractivity (Wildman–Crippen MR) is 123 cm³/mol. The van der Waals surface area contributed by atoms with Crippen molar-refractivity contribution in [1.29, 1.82) is 0 Å². The SMILES string of the molecule is [2H]C([2H])([2H])C([2H])([2H])Cc1cc2[nH]cc(C(=O)OCC)c(=O)c2cc1OCCCCCCCCCC. The molecule has 1 aromatic heterocycles. The van der Waals surface area contributed by atoms with Gasteiger partial charge in [0.2, 0.25) is 5.43 Å². The van der Waals surface area contributed by atoms with Crippen molar-refractivity contribution in [3.05, 3.63) is 39.7 Å². The molecule has 2 aromatic rings. The van der Waals surface area contributed by atoms with Crippen LogP contribution in [0.3, 0.4) is 0 Å². The molecule has 0 aliphatic carbocycles. The number of ether oxygens (including phenoxy) is 2. The van der Waals surface area contributed by atoms with Gasteiger partial charge in [-0.25, -0.2) is 4.79 Å². The predicted octanol–water partition coefficient (Wildman–Crippen LogP) is 6.18. The molecule has 0 aliphatic heterocycles. The van der Waals surface area contributed by atoms with Crippen LogP contribution < -0.4 is 10.2 Å². The van der Waals surface area contributed by atoms with Gasteiger partial charge in [-0.05, 0) is 37.5 Å². The molecule has 0 saturated heterocycles. The molecule has 0 bridgehead atoms. The molecule has 0 saturated carbocycles. The van der Waals surface area contributed by atoms with Crippen LogP contribution in [0.1, 0.15) is 101 Å². The number of rotatable bonds is 14. The van der Waals surface area contributed by atoms with E-state index in [1.165, 1.54) is 50.4 Å². The first-order valence-electron chi connectivity index (χ1n) is 13.5. The van der Waals surface area contributed by atoms with Gasteiger partial charge in [0.05, 0.1) is 18.6 Å². The lowest BCUT2D eigenvalue weighted by atomic mass is 10.0. The number of nitrogens with one attached hydrogen (secondary N) is 1. The molecule has 30 heavy (non-hydrogen) atoms. The van der Waals surface area contributed by atoms with Gasteiger partial charge in [0.25, 0.3) is 0 Å². The molecule has 5 heteroatoms. The summed E-state index contributed by atoms with van der Waals surface area (Å²) in [6.07, 6.45) is 7.35. The van der Waals surface area contributed by atoms with E-state index in [9.17, 15) is 9.59 Å². The minimum absolute atomic E-state index is 0.131. The maximum Gasteiger partial charge on any atom is 0.343 e. The van der Waals surface area contributed by atoms with E-state index in [-0.39, 0.29) is 23.3 Å². The van der Waals surface area contributed by atoms with Crippen LogP contribution in [0.15, 0.2) is 23.1 Å². The Morgan fingerprint density at radius 3 is 2.53 bits per heavy atom. The van der Waals surface area contributed by atoms with Gasteiger partial charge in [0.1, 0.15) is 11.3 Å². The number of H-pyrrole nitrogens is 1. The Hall–Kier alpha value is -2.30. The van der Waals surface area contributed by atoms with Gasteiger partial charge in [0.15, 0.2) is 0 Å². The fraction of sp³-hybridized carbons (Fsp3) is 0.600. The molecule has 0 spiro atoms. The number of aryl methyl sites for hydroxylation is 1. The molecular weight excluding hydrogens is 378 g/mol. The highest BCUT2D eigenvalue weighted by molar-refractivity contribution is 5.94. The maximum absolute atomic E-state index is 12.9. The van der Waals surface area contributed by atoms with E-state index in [2.05, 4.69) is 11.9 Å². The average molecular weight is 421 g/mol. The van der Waals surface area contributed by atoms with Gasteiger partial charge in [-0.3, -0.25) is 4.79 Å². The first kappa shape index (κ1) is 17.4. The number of hydrogen-bond donors (Lipinski definition) is 1. The summed E-state index contributed by atoms with van der Waals surface area (Å²) in [7, 11) is 0. The van der Waals surface area contributed by atoms with Crippen molar-refractivity contribution >= 4 is 16.9 Å². The first-order valence-corrected chi connectivity index (χ1v) is 11.0. The van der Waals surface area contributed by atoms with Gasteiger partial charge < -0.3 is 14.5 Å². The molecule has 1 N–H and O–H groups in total.